The second-order valence-corrected chi connectivity index (χ2v) is 5.48. The maximum Gasteiger partial charge on any atom is 0.0894 e. The maximum atomic E-state index is 5.23. The highest BCUT2D eigenvalue weighted by atomic mass is 14.8. The summed E-state index contributed by atoms with van der Waals surface area (Å²) < 4.78 is 0. The Morgan fingerprint density at radius 1 is 0.560 bits per heavy atom. The Morgan fingerprint density at radius 2 is 1.04 bits per heavy atom. The minimum atomic E-state index is 0.806. The van der Waals surface area contributed by atoms with Crippen LogP contribution in [0.3, 0.4) is 0 Å². The van der Waals surface area contributed by atoms with Crippen molar-refractivity contribution in [1.29, 1.82) is 0 Å². The van der Waals surface area contributed by atoms with E-state index in [2.05, 4.69) is 15.0 Å². The molecule has 3 heterocycles. The molecule has 0 aliphatic heterocycles. The number of pyridine rings is 3. The van der Waals surface area contributed by atoms with Gasteiger partial charge in [-0.15, -0.1) is 0 Å². The molecule has 3 rings (SSSR count). The fourth-order valence-electron chi connectivity index (χ4n) is 2.21. The third-order valence-electron chi connectivity index (χ3n) is 3.51. The molecule has 0 saturated heterocycles. The summed E-state index contributed by atoms with van der Waals surface area (Å²) in [5.74, 6) is 0. The molecule has 0 bridgehead atoms. The van der Waals surface area contributed by atoms with Crippen LogP contribution in [0.5, 0.6) is 0 Å². The van der Waals surface area contributed by atoms with Gasteiger partial charge in [0, 0.05) is 12.4 Å². The van der Waals surface area contributed by atoms with Crippen LogP contribution >= 0.6 is 0 Å². The Kier molecular flexibility index (Phi) is 8.24. The highest BCUT2D eigenvalue weighted by Crippen LogP contribution is 2.19. The second-order valence-electron chi connectivity index (χ2n) is 5.48. The van der Waals surface area contributed by atoms with Gasteiger partial charge in [-0.1, -0.05) is 24.6 Å². The van der Waals surface area contributed by atoms with E-state index in [0.29, 0.717) is 0 Å². The van der Waals surface area contributed by atoms with Crippen molar-refractivity contribution in [3.05, 3.63) is 67.0 Å². The van der Waals surface area contributed by atoms with Crippen molar-refractivity contribution in [2.75, 3.05) is 13.1 Å². The van der Waals surface area contributed by atoms with E-state index in [4.69, 9.17) is 11.5 Å². The zero-order valence-corrected chi connectivity index (χ0v) is 14.4. The summed E-state index contributed by atoms with van der Waals surface area (Å²) in [5.41, 5.74) is 13.9. The van der Waals surface area contributed by atoms with E-state index < -0.39 is 0 Å². The smallest absolute Gasteiger partial charge is 0.0894 e. The Balaban J connectivity index is 0.000000277. The van der Waals surface area contributed by atoms with Gasteiger partial charge in [-0.2, -0.15) is 0 Å². The van der Waals surface area contributed by atoms with E-state index in [1.54, 1.807) is 12.4 Å². The summed E-state index contributed by atoms with van der Waals surface area (Å²) in [6.45, 7) is 1.61. The summed E-state index contributed by atoms with van der Waals surface area (Å²) in [6.07, 6.45) is 6.97. The van der Waals surface area contributed by atoms with Gasteiger partial charge < -0.3 is 11.5 Å². The molecule has 0 fully saturated rings. The Morgan fingerprint density at radius 3 is 1.44 bits per heavy atom. The van der Waals surface area contributed by atoms with Crippen LogP contribution in [-0.4, -0.2) is 28.0 Å². The van der Waals surface area contributed by atoms with Gasteiger partial charge in [0.2, 0.25) is 0 Å². The van der Waals surface area contributed by atoms with Crippen molar-refractivity contribution in [2.45, 2.75) is 19.3 Å². The molecule has 3 aromatic heterocycles. The first-order valence-corrected chi connectivity index (χ1v) is 8.55. The summed E-state index contributed by atoms with van der Waals surface area (Å²) >= 11 is 0. The lowest BCUT2D eigenvalue weighted by atomic mass is 10.2. The molecule has 3 aromatic rings. The van der Waals surface area contributed by atoms with Crippen LogP contribution in [0.1, 0.15) is 19.3 Å². The normalized spacial score (nSPS) is 10.0. The quantitative estimate of drug-likeness (QED) is 0.675. The zero-order chi connectivity index (χ0) is 17.7. The van der Waals surface area contributed by atoms with Gasteiger partial charge in [0.25, 0.3) is 0 Å². The van der Waals surface area contributed by atoms with Crippen LogP contribution in [0.4, 0.5) is 0 Å². The Bertz CT molecular complexity index is 658. The Labute approximate surface area is 149 Å². The van der Waals surface area contributed by atoms with Gasteiger partial charge in [-0.05, 0) is 62.3 Å². The first kappa shape index (κ1) is 18.7. The molecule has 5 nitrogen and oxygen atoms in total. The number of rotatable bonds is 6. The van der Waals surface area contributed by atoms with Crippen LogP contribution in [0, 0.1) is 0 Å². The third-order valence-corrected chi connectivity index (χ3v) is 3.51. The molecule has 4 N–H and O–H groups in total. The number of aromatic nitrogens is 3. The summed E-state index contributed by atoms with van der Waals surface area (Å²) in [7, 11) is 0. The van der Waals surface area contributed by atoms with E-state index >= 15 is 0 Å². The Hall–Kier alpha value is -2.63. The molecule has 130 valence electrons. The number of unbranched alkanes of at least 4 members (excludes halogenated alkanes) is 2. The molecule has 0 aliphatic carbocycles. The molecule has 25 heavy (non-hydrogen) atoms. The van der Waals surface area contributed by atoms with Crippen LogP contribution in [0.25, 0.3) is 22.8 Å². The fourth-order valence-corrected chi connectivity index (χ4v) is 2.21. The van der Waals surface area contributed by atoms with E-state index in [9.17, 15) is 0 Å². The largest absolute Gasteiger partial charge is 0.330 e. The fraction of sp³-hybridized carbons (Fsp3) is 0.250. The van der Waals surface area contributed by atoms with Crippen LogP contribution in [0.15, 0.2) is 67.0 Å². The highest BCUT2D eigenvalue weighted by molar-refractivity contribution is 5.61. The van der Waals surface area contributed by atoms with Crippen molar-refractivity contribution in [1.82, 2.24) is 15.0 Å². The lowest BCUT2D eigenvalue weighted by Crippen LogP contribution is -2.02. The SMILES string of the molecule is NCCCCCN.c1ccc(-c2cccc(-c3ccccn3)n2)nc1. The van der Waals surface area contributed by atoms with Crippen molar-refractivity contribution in [2.24, 2.45) is 11.5 Å². The van der Waals surface area contributed by atoms with Crippen molar-refractivity contribution >= 4 is 0 Å². The van der Waals surface area contributed by atoms with Crippen molar-refractivity contribution in [3.8, 4) is 22.8 Å². The molecule has 0 saturated carbocycles. The average Bonchev–Trinajstić information content (AvgIpc) is 2.70. The molecular formula is C20H25N5. The highest BCUT2D eigenvalue weighted by Gasteiger charge is 2.03. The standard InChI is InChI=1S/C15H11N3.C5H14N2/c1-3-10-16-12(6-1)14-8-5-9-15(18-14)13-7-2-4-11-17-13;6-4-2-1-3-5-7/h1-11H;1-7H2. The summed E-state index contributed by atoms with van der Waals surface area (Å²) in [5, 5.41) is 0. The maximum absolute atomic E-state index is 5.23. The van der Waals surface area contributed by atoms with Crippen LogP contribution in [0.2, 0.25) is 0 Å². The van der Waals surface area contributed by atoms with Crippen LogP contribution < -0.4 is 11.5 Å². The number of hydrogen-bond donors (Lipinski definition) is 2. The molecule has 0 amide bonds. The number of nitrogens with zero attached hydrogens (tertiary/aromatic N) is 3. The van der Waals surface area contributed by atoms with Gasteiger partial charge in [0.05, 0.1) is 22.8 Å². The minimum Gasteiger partial charge on any atom is -0.330 e. The van der Waals surface area contributed by atoms with E-state index in [0.717, 1.165) is 48.7 Å². The molecule has 0 spiro atoms. The zero-order valence-electron chi connectivity index (χ0n) is 14.4. The molecular weight excluding hydrogens is 310 g/mol. The average molecular weight is 335 g/mol. The molecule has 0 unspecified atom stereocenters. The van der Waals surface area contributed by atoms with Gasteiger partial charge in [-0.25, -0.2) is 4.98 Å². The second kappa shape index (κ2) is 11.0. The van der Waals surface area contributed by atoms with E-state index in [1.165, 1.54) is 6.42 Å². The van der Waals surface area contributed by atoms with Crippen molar-refractivity contribution < 1.29 is 0 Å². The molecule has 0 aliphatic rings. The van der Waals surface area contributed by atoms with Crippen LogP contribution in [-0.2, 0) is 0 Å². The molecule has 0 radical (unpaired) electrons. The summed E-state index contributed by atoms with van der Waals surface area (Å²) in [6, 6.07) is 17.5. The lowest BCUT2D eigenvalue weighted by Gasteiger charge is -2.03. The first-order chi connectivity index (χ1) is 12.3. The minimum absolute atomic E-state index is 0.806. The lowest BCUT2D eigenvalue weighted by molar-refractivity contribution is 0.695. The molecule has 0 aromatic carbocycles. The first-order valence-electron chi connectivity index (χ1n) is 8.55. The topological polar surface area (TPSA) is 90.7 Å². The third kappa shape index (κ3) is 6.41. The number of hydrogen-bond acceptors (Lipinski definition) is 5. The monoisotopic (exact) mass is 335 g/mol. The molecule has 5 heteroatoms. The van der Waals surface area contributed by atoms with Crippen molar-refractivity contribution in [3.63, 3.8) is 0 Å². The van der Waals surface area contributed by atoms with Gasteiger partial charge >= 0.3 is 0 Å². The van der Waals surface area contributed by atoms with E-state index in [-0.39, 0.29) is 0 Å². The van der Waals surface area contributed by atoms with E-state index in [1.807, 2.05) is 54.6 Å². The molecule has 0 atom stereocenters. The van der Waals surface area contributed by atoms with Gasteiger partial charge in [0.1, 0.15) is 0 Å². The number of nitrogens with two attached hydrogens (primary N) is 2. The predicted octanol–water partition coefficient (Wildman–Crippen LogP) is 3.28. The van der Waals surface area contributed by atoms with Gasteiger partial charge in [-0.3, -0.25) is 9.97 Å². The predicted molar refractivity (Wildman–Crippen MR) is 103 cm³/mol. The van der Waals surface area contributed by atoms with Gasteiger partial charge in [0.15, 0.2) is 0 Å². The summed E-state index contributed by atoms with van der Waals surface area (Å²) in [4.78, 5) is 13.2.